The largest absolute Gasteiger partial charge is 0.496 e. The summed E-state index contributed by atoms with van der Waals surface area (Å²) in [6.07, 6.45) is 2.84. The number of aromatic nitrogens is 1. The molecule has 0 spiro atoms. The molecule has 0 aliphatic heterocycles. The fourth-order valence-corrected chi connectivity index (χ4v) is 1.84. The van der Waals surface area contributed by atoms with Crippen molar-refractivity contribution in [2.45, 2.75) is 13.0 Å². The van der Waals surface area contributed by atoms with E-state index in [1.165, 1.54) is 13.5 Å². The first-order chi connectivity index (χ1) is 11.0. The fraction of sp³-hybridized carbons (Fsp3) is 0.267. The maximum atomic E-state index is 11.8. The lowest BCUT2D eigenvalue weighted by Gasteiger charge is -2.12. The number of anilines is 1. The highest BCUT2D eigenvalue weighted by molar-refractivity contribution is 6.39. The van der Waals surface area contributed by atoms with Crippen LogP contribution in [-0.4, -0.2) is 41.7 Å². The van der Waals surface area contributed by atoms with Gasteiger partial charge in [-0.3, -0.25) is 9.59 Å². The lowest BCUT2D eigenvalue weighted by Crippen LogP contribution is -2.42. The van der Waals surface area contributed by atoms with Crippen LogP contribution >= 0.6 is 0 Å². The number of oxazole rings is 1. The second kappa shape index (κ2) is 7.41. The van der Waals surface area contributed by atoms with Gasteiger partial charge in [-0.15, -0.1) is 0 Å². The van der Waals surface area contributed by atoms with E-state index in [1.807, 2.05) is 0 Å². The third-order valence-corrected chi connectivity index (χ3v) is 3.01. The third-order valence-electron chi connectivity index (χ3n) is 3.01. The van der Waals surface area contributed by atoms with Gasteiger partial charge >= 0.3 is 11.8 Å². The van der Waals surface area contributed by atoms with Gasteiger partial charge in [0.2, 0.25) is 0 Å². The van der Waals surface area contributed by atoms with E-state index in [4.69, 9.17) is 14.3 Å². The number of hydrogen-bond acceptors (Lipinski definition) is 6. The molecule has 3 N–H and O–H groups in total. The van der Waals surface area contributed by atoms with Crippen molar-refractivity contribution in [1.82, 2.24) is 10.3 Å². The highest BCUT2D eigenvalue weighted by Crippen LogP contribution is 2.32. The number of aliphatic hydroxyl groups excluding tert-OH is 1. The Morgan fingerprint density at radius 2 is 2.17 bits per heavy atom. The molecule has 0 saturated carbocycles. The van der Waals surface area contributed by atoms with E-state index in [1.54, 1.807) is 31.3 Å². The number of aliphatic hydroxyl groups is 1. The van der Waals surface area contributed by atoms with Crippen molar-refractivity contribution in [3.63, 3.8) is 0 Å². The van der Waals surface area contributed by atoms with Crippen LogP contribution in [0.5, 0.6) is 5.75 Å². The molecule has 1 aromatic heterocycles. The summed E-state index contributed by atoms with van der Waals surface area (Å²) in [5, 5.41) is 13.7. The fourth-order valence-electron chi connectivity index (χ4n) is 1.84. The molecular weight excluding hydrogens is 302 g/mol. The maximum absolute atomic E-state index is 11.8. The van der Waals surface area contributed by atoms with Gasteiger partial charge in [-0.25, -0.2) is 4.98 Å². The number of ether oxygens (including phenoxy) is 1. The van der Waals surface area contributed by atoms with Crippen LogP contribution in [0.15, 0.2) is 35.2 Å². The molecule has 0 bridgehead atoms. The number of hydrogen-bond donors (Lipinski definition) is 3. The van der Waals surface area contributed by atoms with Gasteiger partial charge in [0.15, 0.2) is 12.2 Å². The van der Waals surface area contributed by atoms with Crippen LogP contribution in [0, 0.1) is 0 Å². The van der Waals surface area contributed by atoms with Crippen LogP contribution in [0.3, 0.4) is 0 Å². The van der Waals surface area contributed by atoms with Gasteiger partial charge in [-0.1, -0.05) is 0 Å². The SMILES string of the molecule is COc1cc(NC(=O)C(=O)NC(C)CO)ccc1-c1cnco1. The quantitative estimate of drug-likeness (QED) is 0.702. The maximum Gasteiger partial charge on any atom is 0.313 e. The number of nitrogens with zero attached hydrogens (tertiary/aromatic N) is 1. The first-order valence-electron chi connectivity index (χ1n) is 6.84. The topological polar surface area (TPSA) is 114 Å². The van der Waals surface area contributed by atoms with Crippen molar-refractivity contribution in [2.24, 2.45) is 0 Å². The van der Waals surface area contributed by atoms with E-state index in [2.05, 4.69) is 15.6 Å². The highest BCUT2D eigenvalue weighted by Gasteiger charge is 2.17. The van der Waals surface area contributed by atoms with Crippen molar-refractivity contribution in [2.75, 3.05) is 19.0 Å². The summed E-state index contributed by atoms with van der Waals surface area (Å²) in [6, 6.07) is 4.36. The zero-order valence-corrected chi connectivity index (χ0v) is 12.7. The van der Waals surface area contributed by atoms with E-state index in [-0.39, 0.29) is 6.61 Å². The average molecular weight is 319 g/mol. The number of nitrogens with one attached hydrogen (secondary N) is 2. The highest BCUT2D eigenvalue weighted by atomic mass is 16.5. The molecule has 8 heteroatoms. The number of carbonyl (C=O) groups excluding carboxylic acids is 2. The smallest absolute Gasteiger partial charge is 0.313 e. The van der Waals surface area contributed by atoms with Crippen molar-refractivity contribution in [3.8, 4) is 17.1 Å². The van der Waals surface area contributed by atoms with Gasteiger partial charge in [-0.2, -0.15) is 0 Å². The van der Waals surface area contributed by atoms with Gasteiger partial charge in [0.05, 0.1) is 25.5 Å². The zero-order chi connectivity index (χ0) is 16.8. The van der Waals surface area contributed by atoms with Gasteiger partial charge in [0.25, 0.3) is 0 Å². The summed E-state index contributed by atoms with van der Waals surface area (Å²) in [5.74, 6) is -0.678. The predicted octanol–water partition coefficient (Wildman–Crippen LogP) is 0.786. The molecule has 2 amide bonds. The minimum Gasteiger partial charge on any atom is -0.496 e. The van der Waals surface area contributed by atoms with Crippen molar-refractivity contribution in [3.05, 3.63) is 30.8 Å². The van der Waals surface area contributed by atoms with E-state index in [9.17, 15) is 9.59 Å². The number of benzene rings is 1. The van der Waals surface area contributed by atoms with Gasteiger partial charge in [0, 0.05) is 17.8 Å². The summed E-state index contributed by atoms with van der Waals surface area (Å²) >= 11 is 0. The summed E-state index contributed by atoms with van der Waals surface area (Å²) in [4.78, 5) is 27.3. The average Bonchev–Trinajstić information content (AvgIpc) is 3.08. The molecule has 23 heavy (non-hydrogen) atoms. The van der Waals surface area contributed by atoms with Crippen LogP contribution in [-0.2, 0) is 9.59 Å². The van der Waals surface area contributed by atoms with E-state index in [0.717, 1.165) is 0 Å². The van der Waals surface area contributed by atoms with Crippen LogP contribution in [0.2, 0.25) is 0 Å². The second-order valence-electron chi connectivity index (χ2n) is 4.79. The molecule has 0 aliphatic carbocycles. The molecule has 0 radical (unpaired) electrons. The molecule has 1 atom stereocenters. The van der Waals surface area contributed by atoms with E-state index < -0.39 is 17.9 Å². The second-order valence-corrected chi connectivity index (χ2v) is 4.79. The Morgan fingerprint density at radius 1 is 1.39 bits per heavy atom. The van der Waals surface area contributed by atoms with E-state index in [0.29, 0.717) is 22.8 Å². The summed E-state index contributed by atoms with van der Waals surface area (Å²) in [7, 11) is 1.48. The predicted molar refractivity (Wildman–Crippen MR) is 81.8 cm³/mol. The summed E-state index contributed by atoms with van der Waals surface area (Å²) in [5.41, 5.74) is 1.06. The third kappa shape index (κ3) is 4.07. The van der Waals surface area contributed by atoms with E-state index >= 15 is 0 Å². The van der Waals surface area contributed by atoms with Crippen molar-refractivity contribution in [1.29, 1.82) is 0 Å². The first kappa shape index (κ1) is 16.5. The van der Waals surface area contributed by atoms with Crippen LogP contribution < -0.4 is 15.4 Å². The Bertz CT molecular complexity index is 684. The molecule has 0 fully saturated rings. The Labute approximate surface area is 132 Å². The number of rotatable bonds is 5. The number of amides is 2. The van der Waals surface area contributed by atoms with Crippen LogP contribution in [0.1, 0.15) is 6.92 Å². The Kier molecular flexibility index (Phi) is 5.32. The molecule has 1 heterocycles. The molecular formula is C15H17N3O5. The zero-order valence-electron chi connectivity index (χ0n) is 12.7. The van der Waals surface area contributed by atoms with Crippen molar-refractivity contribution >= 4 is 17.5 Å². The minimum absolute atomic E-state index is 0.251. The molecule has 2 rings (SSSR count). The summed E-state index contributed by atoms with van der Waals surface area (Å²) < 4.78 is 10.5. The Morgan fingerprint density at radius 3 is 2.78 bits per heavy atom. The Balaban J connectivity index is 2.12. The standard InChI is InChI=1S/C15H17N3O5/c1-9(7-19)17-14(20)15(21)18-10-3-4-11(12(5-10)22-2)13-6-16-8-23-13/h3-6,8-9,19H,7H2,1-2H3,(H,17,20)(H,18,21). The lowest BCUT2D eigenvalue weighted by molar-refractivity contribution is -0.136. The Hall–Kier alpha value is -2.87. The first-order valence-corrected chi connectivity index (χ1v) is 6.84. The molecule has 122 valence electrons. The molecule has 0 aliphatic rings. The summed E-state index contributed by atoms with van der Waals surface area (Å²) in [6.45, 7) is 1.33. The van der Waals surface area contributed by atoms with Gasteiger partial charge < -0.3 is 24.9 Å². The molecule has 1 aromatic carbocycles. The normalized spacial score (nSPS) is 11.6. The van der Waals surface area contributed by atoms with Crippen molar-refractivity contribution < 1.29 is 23.8 Å². The van der Waals surface area contributed by atoms with Gasteiger partial charge in [0.1, 0.15) is 5.75 Å². The number of carbonyl (C=O) groups is 2. The van der Waals surface area contributed by atoms with Crippen LogP contribution in [0.4, 0.5) is 5.69 Å². The molecule has 2 aromatic rings. The molecule has 8 nitrogen and oxygen atoms in total. The monoisotopic (exact) mass is 319 g/mol. The van der Waals surface area contributed by atoms with Gasteiger partial charge in [-0.05, 0) is 19.1 Å². The lowest BCUT2D eigenvalue weighted by atomic mass is 10.1. The number of methoxy groups -OCH3 is 1. The molecule has 1 unspecified atom stereocenters. The van der Waals surface area contributed by atoms with Crippen LogP contribution in [0.25, 0.3) is 11.3 Å². The molecule has 0 saturated heterocycles. The minimum atomic E-state index is -0.834.